The van der Waals surface area contributed by atoms with Crippen LogP contribution >= 0.6 is 0 Å². The van der Waals surface area contributed by atoms with Gasteiger partial charge in [0.05, 0.1) is 18.9 Å². The van der Waals surface area contributed by atoms with E-state index in [9.17, 15) is 5.11 Å². The van der Waals surface area contributed by atoms with Crippen molar-refractivity contribution >= 4 is 0 Å². The summed E-state index contributed by atoms with van der Waals surface area (Å²) in [5, 5.41) is 14.5. The Balaban J connectivity index is 1.96. The average Bonchev–Trinajstić information content (AvgIpc) is 2.93. The van der Waals surface area contributed by atoms with E-state index in [2.05, 4.69) is 12.0 Å². The molecule has 1 aromatic heterocycles. The number of aliphatic hydroxyl groups is 1. The Morgan fingerprint density at radius 1 is 1.25 bits per heavy atom. The molecule has 20 heavy (non-hydrogen) atoms. The van der Waals surface area contributed by atoms with Crippen molar-refractivity contribution in [3.05, 3.63) is 47.8 Å². The molecule has 2 aromatic rings. The summed E-state index contributed by atoms with van der Waals surface area (Å²) >= 11 is 0. The molecule has 0 aliphatic rings. The number of aryl methyl sites for hydroxylation is 1. The molecular weight excluding hydrogens is 252 g/mol. The highest BCUT2D eigenvalue weighted by molar-refractivity contribution is 5.29. The fraction of sp³-hybridized carbons (Fsp3) is 0.438. The zero-order chi connectivity index (χ0) is 14.4. The normalized spacial score (nSPS) is 12.3. The third-order valence-electron chi connectivity index (χ3n) is 3.18. The molecule has 0 fully saturated rings. The molecule has 2 rings (SSSR count). The van der Waals surface area contributed by atoms with E-state index in [1.165, 1.54) is 0 Å². The zero-order valence-electron chi connectivity index (χ0n) is 12.1. The molecule has 1 N–H and O–H groups in total. The second-order valence-electron chi connectivity index (χ2n) is 4.84. The molecule has 1 atom stereocenters. The maximum atomic E-state index is 10.2. The fourth-order valence-electron chi connectivity index (χ4n) is 2.03. The van der Waals surface area contributed by atoms with Gasteiger partial charge >= 0.3 is 0 Å². The Labute approximate surface area is 120 Å². The van der Waals surface area contributed by atoms with Crippen molar-refractivity contribution in [2.75, 3.05) is 6.61 Å². The molecule has 0 saturated carbocycles. The van der Waals surface area contributed by atoms with Crippen molar-refractivity contribution in [3.63, 3.8) is 0 Å². The van der Waals surface area contributed by atoms with Crippen molar-refractivity contribution in [1.29, 1.82) is 0 Å². The standard InChI is InChI=1S/C16H22N2O2/c1-3-9-20-15-7-5-14(6-8-15)16(19)10-13-11-17-18(4-2)12-13/h5-8,11-12,16,19H,3-4,9-10H2,1-2H3. The van der Waals surface area contributed by atoms with Crippen LogP contribution in [0, 0.1) is 0 Å². The number of hydrogen-bond donors (Lipinski definition) is 1. The first kappa shape index (κ1) is 14.6. The summed E-state index contributed by atoms with van der Waals surface area (Å²) in [5.41, 5.74) is 1.95. The third kappa shape index (κ3) is 3.84. The topological polar surface area (TPSA) is 47.3 Å². The molecule has 1 aromatic carbocycles. The minimum atomic E-state index is -0.510. The van der Waals surface area contributed by atoms with E-state index in [1.54, 1.807) is 0 Å². The van der Waals surface area contributed by atoms with Crippen LogP contribution in [0.4, 0.5) is 0 Å². The molecule has 0 spiro atoms. The minimum absolute atomic E-state index is 0.510. The number of ether oxygens (including phenoxy) is 1. The molecule has 0 amide bonds. The van der Waals surface area contributed by atoms with Gasteiger partial charge in [0.1, 0.15) is 5.75 Å². The quantitative estimate of drug-likeness (QED) is 0.844. The fourth-order valence-corrected chi connectivity index (χ4v) is 2.03. The molecule has 0 aliphatic carbocycles. The average molecular weight is 274 g/mol. The summed E-state index contributed by atoms with van der Waals surface area (Å²) < 4.78 is 7.40. The van der Waals surface area contributed by atoms with Gasteiger partial charge in [-0.15, -0.1) is 0 Å². The second kappa shape index (κ2) is 7.10. The summed E-state index contributed by atoms with van der Waals surface area (Å²) in [6.45, 7) is 5.69. The maximum Gasteiger partial charge on any atom is 0.119 e. The van der Waals surface area contributed by atoms with Gasteiger partial charge in [0.25, 0.3) is 0 Å². The molecule has 108 valence electrons. The van der Waals surface area contributed by atoms with Gasteiger partial charge in [0, 0.05) is 19.2 Å². The van der Waals surface area contributed by atoms with Gasteiger partial charge in [-0.05, 0) is 36.6 Å². The molecule has 0 bridgehead atoms. The highest BCUT2D eigenvalue weighted by Gasteiger charge is 2.10. The first-order chi connectivity index (χ1) is 9.72. The van der Waals surface area contributed by atoms with Crippen molar-refractivity contribution < 1.29 is 9.84 Å². The van der Waals surface area contributed by atoms with Crippen molar-refractivity contribution in [2.45, 2.75) is 39.3 Å². The molecule has 4 heteroatoms. The van der Waals surface area contributed by atoms with E-state index in [1.807, 2.05) is 48.3 Å². The molecule has 0 saturated heterocycles. The van der Waals surface area contributed by atoms with Crippen LogP contribution in [0.2, 0.25) is 0 Å². The summed E-state index contributed by atoms with van der Waals surface area (Å²) in [5.74, 6) is 0.849. The van der Waals surface area contributed by atoms with Gasteiger partial charge < -0.3 is 9.84 Å². The van der Waals surface area contributed by atoms with Crippen LogP contribution in [-0.2, 0) is 13.0 Å². The first-order valence-corrected chi connectivity index (χ1v) is 7.15. The van der Waals surface area contributed by atoms with Gasteiger partial charge in [-0.2, -0.15) is 5.10 Å². The van der Waals surface area contributed by atoms with Crippen molar-refractivity contribution in [2.24, 2.45) is 0 Å². The van der Waals surface area contributed by atoms with Crippen LogP contribution in [0.3, 0.4) is 0 Å². The molecule has 0 radical (unpaired) electrons. The lowest BCUT2D eigenvalue weighted by Gasteiger charge is -2.11. The smallest absolute Gasteiger partial charge is 0.119 e. The Morgan fingerprint density at radius 3 is 2.60 bits per heavy atom. The Morgan fingerprint density at radius 2 is 2.00 bits per heavy atom. The molecule has 4 nitrogen and oxygen atoms in total. The van der Waals surface area contributed by atoms with E-state index >= 15 is 0 Å². The van der Waals surface area contributed by atoms with Gasteiger partial charge in [0.15, 0.2) is 0 Å². The lowest BCUT2D eigenvalue weighted by molar-refractivity contribution is 0.178. The van der Waals surface area contributed by atoms with E-state index in [4.69, 9.17) is 4.74 Å². The number of aliphatic hydroxyl groups excluding tert-OH is 1. The van der Waals surface area contributed by atoms with E-state index in [0.29, 0.717) is 6.42 Å². The number of rotatable bonds is 7. The monoisotopic (exact) mass is 274 g/mol. The van der Waals surface area contributed by atoms with Crippen LogP contribution in [-0.4, -0.2) is 21.5 Å². The number of hydrogen-bond acceptors (Lipinski definition) is 3. The lowest BCUT2D eigenvalue weighted by Crippen LogP contribution is -2.02. The first-order valence-electron chi connectivity index (χ1n) is 7.15. The van der Waals surface area contributed by atoms with Crippen LogP contribution in [0.25, 0.3) is 0 Å². The number of aromatic nitrogens is 2. The summed E-state index contributed by atoms with van der Waals surface area (Å²) in [7, 11) is 0. The van der Waals surface area contributed by atoms with Gasteiger partial charge in [0.2, 0.25) is 0 Å². The van der Waals surface area contributed by atoms with Crippen LogP contribution < -0.4 is 4.74 Å². The van der Waals surface area contributed by atoms with E-state index in [-0.39, 0.29) is 0 Å². The van der Waals surface area contributed by atoms with Gasteiger partial charge in [-0.25, -0.2) is 0 Å². The minimum Gasteiger partial charge on any atom is -0.494 e. The van der Waals surface area contributed by atoms with Crippen molar-refractivity contribution in [1.82, 2.24) is 9.78 Å². The zero-order valence-corrected chi connectivity index (χ0v) is 12.1. The summed E-state index contributed by atoms with van der Waals surface area (Å²) in [4.78, 5) is 0. The van der Waals surface area contributed by atoms with E-state index < -0.39 is 6.10 Å². The number of nitrogens with zero attached hydrogens (tertiary/aromatic N) is 2. The Hall–Kier alpha value is -1.81. The van der Waals surface area contributed by atoms with E-state index in [0.717, 1.165) is 36.4 Å². The SMILES string of the molecule is CCCOc1ccc(C(O)Cc2cnn(CC)c2)cc1. The highest BCUT2D eigenvalue weighted by atomic mass is 16.5. The number of benzene rings is 1. The van der Waals surface area contributed by atoms with Gasteiger partial charge in [-0.1, -0.05) is 19.1 Å². The highest BCUT2D eigenvalue weighted by Crippen LogP contribution is 2.21. The summed E-state index contributed by atoms with van der Waals surface area (Å²) in [6, 6.07) is 7.65. The van der Waals surface area contributed by atoms with Crippen molar-refractivity contribution in [3.8, 4) is 5.75 Å². The van der Waals surface area contributed by atoms with Crippen LogP contribution in [0.15, 0.2) is 36.7 Å². The molecular formula is C16H22N2O2. The molecule has 0 aliphatic heterocycles. The molecule has 1 heterocycles. The Bertz CT molecular complexity index is 520. The van der Waals surface area contributed by atoms with Gasteiger partial charge in [-0.3, -0.25) is 4.68 Å². The summed E-state index contributed by atoms with van der Waals surface area (Å²) in [6.07, 6.45) is 4.85. The predicted octanol–water partition coefficient (Wildman–Crippen LogP) is 2.97. The van der Waals surface area contributed by atoms with Crippen LogP contribution in [0.5, 0.6) is 5.75 Å². The Kier molecular flexibility index (Phi) is 5.18. The predicted molar refractivity (Wildman–Crippen MR) is 78.8 cm³/mol. The van der Waals surface area contributed by atoms with Crippen LogP contribution in [0.1, 0.15) is 37.5 Å². The molecule has 1 unspecified atom stereocenters. The second-order valence-corrected chi connectivity index (χ2v) is 4.84. The maximum absolute atomic E-state index is 10.2. The third-order valence-corrected chi connectivity index (χ3v) is 3.18. The lowest BCUT2D eigenvalue weighted by atomic mass is 10.0. The largest absolute Gasteiger partial charge is 0.494 e.